The second-order valence-electron chi connectivity index (χ2n) is 6.17. The minimum atomic E-state index is -0.425. The molecular weight excluding hydrogens is 294 g/mol. The Labute approximate surface area is 134 Å². The van der Waals surface area contributed by atoms with Gasteiger partial charge in [0, 0.05) is 19.0 Å². The van der Waals surface area contributed by atoms with Gasteiger partial charge in [-0.25, -0.2) is 4.98 Å². The van der Waals surface area contributed by atoms with Gasteiger partial charge in [-0.3, -0.25) is 4.79 Å². The number of nitrogens with one attached hydrogen (secondary N) is 1. The summed E-state index contributed by atoms with van der Waals surface area (Å²) in [6.45, 7) is 2.97. The Hall–Kier alpha value is -1.92. The van der Waals surface area contributed by atoms with E-state index in [0.717, 1.165) is 42.8 Å². The molecule has 1 N–H and O–H groups in total. The molecule has 1 amide bonds. The Morgan fingerprint density at radius 3 is 2.78 bits per heavy atom. The molecule has 1 atom stereocenters. The fraction of sp³-hybridized carbons (Fsp3) is 0.529. The molecule has 6 nitrogen and oxygen atoms in total. The van der Waals surface area contributed by atoms with Gasteiger partial charge in [0.2, 0.25) is 0 Å². The summed E-state index contributed by atoms with van der Waals surface area (Å²) in [5.41, 5.74) is 2.09. The Kier molecular flexibility index (Phi) is 4.01. The van der Waals surface area contributed by atoms with Crippen molar-refractivity contribution in [1.82, 2.24) is 14.9 Å². The molecule has 0 saturated carbocycles. The van der Waals surface area contributed by atoms with E-state index in [1.807, 2.05) is 29.2 Å². The molecular formula is C17H21N3O3. The maximum Gasteiger partial charge on any atom is 0.254 e. The molecule has 0 spiro atoms. The van der Waals surface area contributed by atoms with Gasteiger partial charge in [-0.15, -0.1) is 0 Å². The molecule has 2 fully saturated rings. The molecule has 0 aliphatic carbocycles. The van der Waals surface area contributed by atoms with Crippen LogP contribution in [0.5, 0.6) is 0 Å². The summed E-state index contributed by atoms with van der Waals surface area (Å²) < 4.78 is 10.8. The normalized spacial score (nSPS) is 23.3. The predicted molar refractivity (Wildman–Crippen MR) is 85.2 cm³/mol. The Morgan fingerprint density at radius 1 is 1.22 bits per heavy atom. The van der Waals surface area contributed by atoms with Crippen LogP contribution >= 0.6 is 0 Å². The Morgan fingerprint density at radius 2 is 2.04 bits per heavy atom. The molecule has 2 aliphatic heterocycles. The maximum absolute atomic E-state index is 12.4. The smallest absolute Gasteiger partial charge is 0.254 e. The minimum Gasteiger partial charge on any atom is -0.376 e. The van der Waals surface area contributed by atoms with Crippen LogP contribution in [0.25, 0.3) is 11.0 Å². The summed E-state index contributed by atoms with van der Waals surface area (Å²) in [6.07, 6.45) is 1.43. The number of amides is 1. The lowest BCUT2D eigenvalue weighted by atomic mass is 9.96. The number of H-pyrrole nitrogens is 1. The number of aromatic amines is 1. The standard InChI is InChI=1S/C17H21N3O3/c21-17(15-11-22-9-10-23-15)20-7-5-12(6-8-20)16-18-13-3-1-2-4-14(13)19-16/h1-4,12,15H,5-11H2,(H,18,19)/t15-/m1/s1. The lowest BCUT2D eigenvalue weighted by Gasteiger charge is -2.34. The summed E-state index contributed by atoms with van der Waals surface area (Å²) in [5, 5.41) is 0. The van der Waals surface area contributed by atoms with Gasteiger partial charge in [0.1, 0.15) is 5.82 Å². The van der Waals surface area contributed by atoms with E-state index in [2.05, 4.69) is 4.98 Å². The number of likely N-dealkylation sites (tertiary alicyclic amines) is 1. The van der Waals surface area contributed by atoms with Gasteiger partial charge in [0.15, 0.2) is 6.10 Å². The van der Waals surface area contributed by atoms with Gasteiger partial charge in [0.05, 0.1) is 30.9 Å². The lowest BCUT2D eigenvalue weighted by molar-refractivity contribution is -0.159. The first-order valence-corrected chi connectivity index (χ1v) is 8.24. The molecule has 3 heterocycles. The number of imidazole rings is 1. The van der Waals surface area contributed by atoms with Crippen molar-refractivity contribution in [2.24, 2.45) is 0 Å². The number of ether oxygens (including phenoxy) is 2. The van der Waals surface area contributed by atoms with Crippen molar-refractivity contribution < 1.29 is 14.3 Å². The molecule has 0 radical (unpaired) electrons. The fourth-order valence-electron chi connectivity index (χ4n) is 3.37. The SMILES string of the molecule is O=C([C@H]1COCCO1)N1CCC(c2nc3ccccc3[nH]2)CC1. The average molecular weight is 315 g/mol. The topological polar surface area (TPSA) is 67.5 Å². The van der Waals surface area contributed by atoms with E-state index in [-0.39, 0.29) is 5.91 Å². The number of carbonyl (C=O) groups excluding carboxylic acids is 1. The minimum absolute atomic E-state index is 0.0627. The molecule has 1 aromatic carbocycles. The number of benzene rings is 1. The van der Waals surface area contributed by atoms with Crippen molar-refractivity contribution in [3.8, 4) is 0 Å². The highest BCUT2D eigenvalue weighted by molar-refractivity contribution is 5.81. The van der Waals surface area contributed by atoms with Crippen molar-refractivity contribution in [3.63, 3.8) is 0 Å². The van der Waals surface area contributed by atoms with Gasteiger partial charge in [-0.05, 0) is 25.0 Å². The average Bonchev–Trinajstić information content (AvgIpc) is 3.06. The van der Waals surface area contributed by atoms with Crippen LogP contribution in [-0.2, 0) is 14.3 Å². The Balaban J connectivity index is 1.39. The van der Waals surface area contributed by atoms with Crippen molar-refractivity contribution in [1.29, 1.82) is 0 Å². The monoisotopic (exact) mass is 315 g/mol. The third-order valence-corrected chi connectivity index (χ3v) is 4.69. The second-order valence-corrected chi connectivity index (χ2v) is 6.17. The molecule has 0 bridgehead atoms. The first-order chi connectivity index (χ1) is 11.3. The van der Waals surface area contributed by atoms with Gasteiger partial charge >= 0.3 is 0 Å². The van der Waals surface area contributed by atoms with E-state index >= 15 is 0 Å². The van der Waals surface area contributed by atoms with E-state index in [1.165, 1.54) is 0 Å². The quantitative estimate of drug-likeness (QED) is 0.915. The van der Waals surface area contributed by atoms with Crippen LogP contribution in [0.2, 0.25) is 0 Å². The van der Waals surface area contributed by atoms with E-state index < -0.39 is 6.10 Å². The first-order valence-electron chi connectivity index (χ1n) is 8.24. The van der Waals surface area contributed by atoms with Crippen LogP contribution in [-0.4, -0.2) is 59.8 Å². The van der Waals surface area contributed by atoms with E-state index in [4.69, 9.17) is 14.5 Å². The van der Waals surface area contributed by atoms with Crippen molar-refractivity contribution >= 4 is 16.9 Å². The number of para-hydroxylation sites is 2. The van der Waals surface area contributed by atoms with Crippen molar-refractivity contribution in [3.05, 3.63) is 30.1 Å². The summed E-state index contributed by atoms with van der Waals surface area (Å²) in [4.78, 5) is 22.4. The van der Waals surface area contributed by atoms with Crippen molar-refractivity contribution in [2.75, 3.05) is 32.9 Å². The largest absolute Gasteiger partial charge is 0.376 e. The predicted octanol–water partition coefficient (Wildman–Crippen LogP) is 1.68. The van der Waals surface area contributed by atoms with E-state index in [9.17, 15) is 4.79 Å². The number of fused-ring (bicyclic) bond motifs is 1. The zero-order chi connectivity index (χ0) is 15.6. The van der Waals surface area contributed by atoms with Crippen LogP contribution in [0.3, 0.4) is 0 Å². The van der Waals surface area contributed by atoms with Crippen molar-refractivity contribution in [2.45, 2.75) is 24.9 Å². The highest BCUT2D eigenvalue weighted by Crippen LogP contribution is 2.28. The number of hydrogen-bond donors (Lipinski definition) is 1. The summed E-state index contributed by atoms with van der Waals surface area (Å²) in [7, 11) is 0. The number of carbonyl (C=O) groups is 1. The zero-order valence-electron chi connectivity index (χ0n) is 13.0. The molecule has 4 rings (SSSR count). The summed E-state index contributed by atoms with van der Waals surface area (Å²) in [6, 6.07) is 8.08. The highest BCUT2D eigenvalue weighted by Gasteiger charge is 2.31. The molecule has 6 heteroatoms. The molecule has 122 valence electrons. The summed E-state index contributed by atoms with van der Waals surface area (Å²) in [5.74, 6) is 1.48. The number of nitrogens with zero attached hydrogens (tertiary/aromatic N) is 2. The second kappa shape index (κ2) is 6.29. The molecule has 2 aromatic rings. The number of rotatable bonds is 2. The van der Waals surface area contributed by atoms with Gasteiger partial charge < -0.3 is 19.4 Å². The molecule has 1 aromatic heterocycles. The van der Waals surface area contributed by atoms with Gasteiger partial charge in [0.25, 0.3) is 5.91 Å². The van der Waals surface area contributed by atoms with Crippen LogP contribution in [0, 0.1) is 0 Å². The van der Waals surface area contributed by atoms with Gasteiger partial charge in [-0.2, -0.15) is 0 Å². The lowest BCUT2D eigenvalue weighted by Crippen LogP contribution is -2.48. The Bertz CT molecular complexity index is 652. The number of hydrogen-bond acceptors (Lipinski definition) is 4. The van der Waals surface area contributed by atoms with E-state index in [0.29, 0.717) is 25.7 Å². The van der Waals surface area contributed by atoms with Gasteiger partial charge in [-0.1, -0.05) is 12.1 Å². The molecule has 0 unspecified atom stereocenters. The van der Waals surface area contributed by atoms with Crippen LogP contribution in [0.4, 0.5) is 0 Å². The molecule has 2 saturated heterocycles. The number of aromatic nitrogens is 2. The van der Waals surface area contributed by atoms with Crippen LogP contribution < -0.4 is 0 Å². The third kappa shape index (κ3) is 2.96. The fourth-order valence-corrected chi connectivity index (χ4v) is 3.37. The van der Waals surface area contributed by atoms with E-state index in [1.54, 1.807) is 0 Å². The maximum atomic E-state index is 12.4. The first kappa shape index (κ1) is 14.7. The third-order valence-electron chi connectivity index (χ3n) is 4.69. The van der Waals surface area contributed by atoms with Crippen LogP contribution in [0.15, 0.2) is 24.3 Å². The number of piperidine rings is 1. The van der Waals surface area contributed by atoms with Crippen LogP contribution in [0.1, 0.15) is 24.6 Å². The molecule has 2 aliphatic rings. The summed E-state index contributed by atoms with van der Waals surface area (Å²) >= 11 is 0. The zero-order valence-corrected chi connectivity index (χ0v) is 13.0. The highest BCUT2D eigenvalue weighted by atomic mass is 16.6. The molecule has 23 heavy (non-hydrogen) atoms.